The van der Waals surface area contributed by atoms with Gasteiger partial charge in [0.15, 0.2) is 0 Å². The van der Waals surface area contributed by atoms with Crippen molar-refractivity contribution in [1.82, 2.24) is 39.7 Å². The van der Waals surface area contributed by atoms with Gasteiger partial charge in [-0.25, -0.2) is 4.98 Å². The van der Waals surface area contributed by atoms with Crippen LogP contribution in [0, 0.1) is 19.8 Å². The normalized spacial score (nSPS) is 19.3. The summed E-state index contributed by atoms with van der Waals surface area (Å²) >= 11 is 0. The summed E-state index contributed by atoms with van der Waals surface area (Å²) in [6, 6.07) is 8.93. The molecule has 19 nitrogen and oxygen atoms in total. The maximum atomic E-state index is 13.8. The number of carbonyl (C=O) groups is 4. The molecule has 0 saturated heterocycles. The van der Waals surface area contributed by atoms with E-state index < -0.39 is 35.3 Å². The fourth-order valence-electron chi connectivity index (χ4n) is 8.49. The Labute approximate surface area is 340 Å². The van der Waals surface area contributed by atoms with Gasteiger partial charge < -0.3 is 47.6 Å². The summed E-state index contributed by atoms with van der Waals surface area (Å²) in [5.74, 6) is -1.55. The van der Waals surface area contributed by atoms with Crippen molar-refractivity contribution < 1.29 is 28.7 Å². The van der Waals surface area contributed by atoms with E-state index in [0.717, 1.165) is 5.56 Å². The van der Waals surface area contributed by atoms with Crippen molar-refractivity contribution in [3.63, 3.8) is 0 Å². The van der Waals surface area contributed by atoms with Crippen molar-refractivity contribution in [2.75, 3.05) is 32.1 Å². The number of amides is 4. The quantitative estimate of drug-likeness (QED) is 0.0555. The highest BCUT2D eigenvalue weighted by Crippen LogP contribution is 2.55. The first-order chi connectivity index (χ1) is 28.2. The molecule has 11 N–H and O–H groups in total. The molecular formula is C40H51N13O6. The third-order valence-corrected chi connectivity index (χ3v) is 11.2. The first-order valence-electron chi connectivity index (χ1n) is 19.6. The zero-order valence-electron chi connectivity index (χ0n) is 33.8. The lowest BCUT2D eigenvalue weighted by Gasteiger charge is -2.42. The van der Waals surface area contributed by atoms with Crippen LogP contribution in [-0.4, -0.2) is 85.2 Å². The molecule has 1 aliphatic heterocycles. The van der Waals surface area contributed by atoms with E-state index >= 15 is 0 Å². The fraction of sp³-hybridized carbons (Fsp3) is 0.425. The van der Waals surface area contributed by atoms with Gasteiger partial charge >= 0.3 is 0 Å². The summed E-state index contributed by atoms with van der Waals surface area (Å²) in [6.07, 6.45) is 1.22. The second-order valence-electron chi connectivity index (χ2n) is 15.1. The number of primary amides is 2. The van der Waals surface area contributed by atoms with Gasteiger partial charge in [0.25, 0.3) is 11.8 Å². The maximum Gasteiger partial charge on any atom is 0.276 e. The third-order valence-electron chi connectivity index (χ3n) is 11.2. The number of carbonyl (C=O) groups excluding carboxylic acids is 4. The van der Waals surface area contributed by atoms with Gasteiger partial charge in [-0.1, -0.05) is 0 Å². The number of aromatic nitrogens is 6. The zero-order chi connectivity index (χ0) is 42.3. The highest BCUT2D eigenvalue weighted by Gasteiger charge is 2.56. The van der Waals surface area contributed by atoms with E-state index in [9.17, 15) is 19.2 Å². The molecule has 0 bridgehead atoms. The zero-order valence-corrected chi connectivity index (χ0v) is 33.8. The molecule has 3 aromatic heterocycles. The van der Waals surface area contributed by atoms with Gasteiger partial charge in [0, 0.05) is 48.2 Å². The van der Waals surface area contributed by atoms with Crippen molar-refractivity contribution >= 4 is 40.6 Å². The van der Waals surface area contributed by atoms with Crippen LogP contribution in [0.1, 0.15) is 103 Å². The molecule has 0 fully saturated rings. The molecule has 7 rings (SSSR count). The Bertz CT molecular complexity index is 2470. The third kappa shape index (κ3) is 7.47. The molecule has 2 aliphatic rings. The number of hydrogen-bond acceptors (Lipinski definition) is 12. The van der Waals surface area contributed by atoms with Crippen molar-refractivity contribution in [1.29, 1.82) is 0 Å². The van der Waals surface area contributed by atoms with Crippen molar-refractivity contribution in [2.45, 2.75) is 77.8 Å². The molecule has 4 atom stereocenters. The van der Waals surface area contributed by atoms with Crippen LogP contribution < -0.4 is 48.4 Å². The number of anilines is 1. The number of nitrogens with two attached hydrogens (primary N) is 4. The largest absolute Gasteiger partial charge is 0.494 e. The summed E-state index contributed by atoms with van der Waals surface area (Å²) in [4.78, 5) is 56.5. The SMILES string of the molecule is CCn1nc(C)cc1C(=O)Nc1nc2cc(C(N)=O)cc(OC)c2n1CCCNCCC1COc2cc(C(N)=O)cc3c2C1[C@@](N)(NC(=O)c1cc(C)nn1CC)C3N. The number of aryl methyl sites for hydroxylation is 5. The molecule has 312 valence electrons. The Kier molecular flexibility index (Phi) is 11.2. The van der Waals surface area contributed by atoms with Crippen LogP contribution in [0.15, 0.2) is 36.4 Å². The number of benzene rings is 2. The summed E-state index contributed by atoms with van der Waals surface area (Å²) in [5.41, 5.74) is 28.9. The molecule has 3 unspecified atom stereocenters. The highest BCUT2D eigenvalue weighted by molar-refractivity contribution is 6.04. The molecular weight excluding hydrogens is 759 g/mol. The van der Waals surface area contributed by atoms with E-state index in [1.165, 1.54) is 7.11 Å². The van der Waals surface area contributed by atoms with Crippen LogP contribution in [0.25, 0.3) is 11.0 Å². The van der Waals surface area contributed by atoms with Gasteiger partial charge in [0.2, 0.25) is 17.8 Å². The summed E-state index contributed by atoms with van der Waals surface area (Å²) in [5, 5.41) is 18.4. The summed E-state index contributed by atoms with van der Waals surface area (Å²) < 4.78 is 17.0. The second-order valence-corrected chi connectivity index (χ2v) is 15.1. The number of nitrogens with one attached hydrogen (secondary N) is 3. The lowest BCUT2D eigenvalue weighted by Crippen LogP contribution is -2.64. The van der Waals surface area contributed by atoms with Gasteiger partial charge in [0.05, 0.1) is 36.7 Å². The minimum absolute atomic E-state index is 0.173. The minimum atomic E-state index is -1.43. The number of methoxy groups -OCH3 is 1. The van der Waals surface area contributed by atoms with Crippen LogP contribution >= 0.6 is 0 Å². The Balaban J connectivity index is 1.08. The van der Waals surface area contributed by atoms with E-state index in [0.29, 0.717) is 96.4 Å². The Morgan fingerprint density at radius 1 is 0.915 bits per heavy atom. The monoisotopic (exact) mass is 809 g/mol. The highest BCUT2D eigenvalue weighted by atomic mass is 16.5. The molecule has 1 aliphatic carbocycles. The van der Waals surface area contributed by atoms with Gasteiger partial charge in [-0.3, -0.25) is 33.9 Å². The average Bonchev–Trinajstić information content (AvgIpc) is 3.95. The predicted molar refractivity (Wildman–Crippen MR) is 218 cm³/mol. The van der Waals surface area contributed by atoms with Crippen molar-refractivity contribution in [3.8, 4) is 11.5 Å². The number of imidazole rings is 1. The van der Waals surface area contributed by atoms with E-state index in [1.54, 1.807) is 45.8 Å². The minimum Gasteiger partial charge on any atom is -0.494 e. The smallest absolute Gasteiger partial charge is 0.276 e. The van der Waals surface area contributed by atoms with E-state index in [1.807, 2.05) is 32.3 Å². The van der Waals surface area contributed by atoms with Crippen molar-refractivity contribution in [3.05, 3.63) is 81.4 Å². The molecule has 19 heteroatoms. The maximum absolute atomic E-state index is 13.8. The fourth-order valence-corrected chi connectivity index (χ4v) is 8.49. The first kappa shape index (κ1) is 40.9. The van der Waals surface area contributed by atoms with Crippen LogP contribution in [0.2, 0.25) is 0 Å². The molecule has 4 amide bonds. The van der Waals surface area contributed by atoms with E-state index in [-0.39, 0.29) is 35.5 Å². The molecule has 2 aromatic carbocycles. The Morgan fingerprint density at radius 2 is 1.56 bits per heavy atom. The van der Waals surface area contributed by atoms with Gasteiger partial charge in [0.1, 0.15) is 34.1 Å². The standard InChI is InChI=1S/C40H51N13O6/c1-6-52-27(13-20(3)49-52)37(56)47-39-46-26-16-24(36(43)55)18-30(58-5)33(26)51(39)12-8-10-45-11-9-22-19-59-29-17-23(35(42)54)15-25-31(29)32(22)40(44,34(25)41)48-38(57)28-14-21(4)50-53(28)7-2/h13-18,22,32,34,45H,6-12,19,41,44H2,1-5H3,(H2,42,54)(H2,43,55)(H,48,57)(H,46,47,56)/t22?,32?,34?,40-/m1/s1. The molecule has 0 saturated carbocycles. The predicted octanol–water partition coefficient (Wildman–Crippen LogP) is 1.81. The molecule has 59 heavy (non-hydrogen) atoms. The number of fused-ring (bicyclic) bond motifs is 1. The van der Waals surface area contributed by atoms with Gasteiger partial charge in [-0.05, 0) is 95.6 Å². The molecule has 0 radical (unpaired) electrons. The summed E-state index contributed by atoms with van der Waals surface area (Å²) in [6.45, 7) is 10.3. The number of nitrogens with zero attached hydrogens (tertiary/aromatic N) is 6. The lowest BCUT2D eigenvalue weighted by molar-refractivity contribution is 0.0782. The van der Waals surface area contributed by atoms with Crippen LogP contribution in [-0.2, 0) is 19.6 Å². The average molecular weight is 810 g/mol. The Hall–Kier alpha value is -6.31. The number of hydrogen-bond donors (Lipinski definition) is 7. The molecule has 0 spiro atoms. The first-order valence-corrected chi connectivity index (χ1v) is 19.6. The second kappa shape index (κ2) is 16.1. The van der Waals surface area contributed by atoms with Crippen LogP contribution in [0.4, 0.5) is 5.95 Å². The van der Waals surface area contributed by atoms with E-state index in [4.69, 9.17) is 37.4 Å². The van der Waals surface area contributed by atoms with E-state index in [2.05, 4.69) is 26.1 Å². The molecule has 4 heterocycles. The van der Waals surface area contributed by atoms with Crippen LogP contribution in [0.3, 0.4) is 0 Å². The van der Waals surface area contributed by atoms with Gasteiger partial charge in [-0.15, -0.1) is 0 Å². The Morgan fingerprint density at radius 3 is 2.19 bits per heavy atom. The van der Waals surface area contributed by atoms with Crippen molar-refractivity contribution in [2.24, 2.45) is 28.9 Å². The molecule has 5 aromatic rings. The topological polar surface area (TPSA) is 280 Å². The number of ether oxygens (including phenoxy) is 2. The summed E-state index contributed by atoms with van der Waals surface area (Å²) in [7, 11) is 1.49. The van der Waals surface area contributed by atoms with Crippen LogP contribution in [0.5, 0.6) is 11.5 Å². The number of rotatable bonds is 16. The lowest BCUT2D eigenvalue weighted by atomic mass is 9.77. The van der Waals surface area contributed by atoms with Gasteiger partial charge in [-0.2, -0.15) is 10.2 Å².